The van der Waals surface area contributed by atoms with Crippen molar-refractivity contribution in [2.75, 3.05) is 5.32 Å². The Morgan fingerprint density at radius 3 is 2.52 bits per heavy atom. The maximum atomic E-state index is 12.3. The monoisotopic (exact) mass is 342 g/mol. The van der Waals surface area contributed by atoms with Gasteiger partial charge in [0, 0.05) is 18.2 Å². The van der Waals surface area contributed by atoms with Crippen LogP contribution in [0, 0.1) is 5.92 Å². The standard InChI is InChI=1S/C18H22N4O3/c19-16(23)15-18(25)20-11-22(15)10-12-6-8-14(9-7-12)21-17(24)13-4-2-1-3-5-13/h6-9,11,13,25H,1-5,10H2,(H2,19,23)(H,21,24). The maximum absolute atomic E-state index is 12.3. The van der Waals surface area contributed by atoms with Gasteiger partial charge in [-0.05, 0) is 30.5 Å². The molecule has 1 aromatic carbocycles. The van der Waals surface area contributed by atoms with Gasteiger partial charge in [-0.25, -0.2) is 4.98 Å². The molecule has 0 spiro atoms. The number of rotatable bonds is 5. The fraction of sp³-hybridized carbons (Fsp3) is 0.389. The summed E-state index contributed by atoms with van der Waals surface area (Å²) in [4.78, 5) is 27.3. The summed E-state index contributed by atoms with van der Waals surface area (Å²) < 4.78 is 1.49. The van der Waals surface area contributed by atoms with Crippen molar-refractivity contribution in [1.82, 2.24) is 9.55 Å². The molecule has 0 aliphatic heterocycles. The van der Waals surface area contributed by atoms with Crippen molar-refractivity contribution in [2.45, 2.75) is 38.6 Å². The Balaban J connectivity index is 1.64. The van der Waals surface area contributed by atoms with Crippen LogP contribution in [0.3, 0.4) is 0 Å². The molecule has 1 aliphatic carbocycles. The first-order valence-electron chi connectivity index (χ1n) is 8.48. The summed E-state index contributed by atoms with van der Waals surface area (Å²) in [6, 6.07) is 7.38. The third-order valence-electron chi connectivity index (χ3n) is 4.60. The fourth-order valence-electron chi connectivity index (χ4n) is 3.24. The maximum Gasteiger partial charge on any atom is 0.271 e. The lowest BCUT2D eigenvalue weighted by Gasteiger charge is -2.20. The van der Waals surface area contributed by atoms with E-state index >= 15 is 0 Å². The second-order valence-corrected chi connectivity index (χ2v) is 6.43. The Bertz CT molecular complexity index is 761. The number of benzene rings is 1. The van der Waals surface area contributed by atoms with Gasteiger partial charge in [0.15, 0.2) is 5.69 Å². The van der Waals surface area contributed by atoms with Crippen molar-refractivity contribution in [3.05, 3.63) is 41.9 Å². The fourth-order valence-corrected chi connectivity index (χ4v) is 3.24. The molecule has 0 saturated heterocycles. The van der Waals surface area contributed by atoms with Crippen LogP contribution in [0.25, 0.3) is 0 Å². The molecule has 0 radical (unpaired) electrons. The molecule has 2 amide bonds. The number of primary amides is 1. The van der Waals surface area contributed by atoms with Gasteiger partial charge < -0.3 is 20.7 Å². The largest absolute Gasteiger partial charge is 0.492 e. The Hall–Kier alpha value is -2.83. The van der Waals surface area contributed by atoms with Crippen LogP contribution in [0.4, 0.5) is 5.69 Å². The van der Waals surface area contributed by atoms with Crippen LogP contribution in [-0.2, 0) is 11.3 Å². The van der Waals surface area contributed by atoms with Crippen LogP contribution in [0.1, 0.15) is 48.2 Å². The zero-order chi connectivity index (χ0) is 17.8. The molecule has 4 N–H and O–H groups in total. The number of aromatic nitrogens is 2. The van der Waals surface area contributed by atoms with E-state index in [9.17, 15) is 14.7 Å². The topological polar surface area (TPSA) is 110 Å². The number of carbonyl (C=O) groups is 2. The number of aromatic hydroxyl groups is 1. The molecule has 25 heavy (non-hydrogen) atoms. The van der Waals surface area contributed by atoms with Crippen LogP contribution in [-0.4, -0.2) is 26.5 Å². The van der Waals surface area contributed by atoms with Gasteiger partial charge >= 0.3 is 0 Å². The summed E-state index contributed by atoms with van der Waals surface area (Å²) in [5.41, 5.74) is 6.89. The van der Waals surface area contributed by atoms with E-state index in [1.165, 1.54) is 17.3 Å². The number of anilines is 1. The zero-order valence-electron chi connectivity index (χ0n) is 13.9. The van der Waals surface area contributed by atoms with Gasteiger partial charge in [0.05, 0.1) is 6.33 Å². The Labute approximate surface area is 145 Å². The van der Waals surface area contributed by atoms with E-state index in [0.717, 1.165) is 36.9 Å². The Morgan fingerprint density at radius 1 is 1.20 bits per heavy atom. The summed E-state index contributed by atoms with van der Waals surface area (Å²) in [6.45, 7) is 0.350. The van der Waals surface area contributed by atoms with Gasteiger partial charge in [0.1, 0.15) is 0 Å². The Kier molecular flexibility index (Phi) is 5.02. The lowest BCUT2D eigenvalue weighted by atomic mass is 9.88. The number of hydrogen-bond acceptors (Lipinski definition) is 4. The van der Waals surface area contributed by atoms with Crippen molar-refractivity contribution in [3.63, 3.8) is 0 Å². The third-order valence-corrected chi connectivity index (χ3v) is 4.60. The zero-order valence-corrected chi connectivity index (χ0v) is 13.9. The molecule has 3 rings (SSSR count). The first-order chi connectivity index (χ1) is 12.0. The molecule has 1 aromatic heterocycles. The predicted molar refractivity (Wildman–Crippen MR) is 93.2 cm³/mol. The highest BCUT2D eigenvalue weighted by atomic mass is 16.3. The second-order valence-electron chi connectivity index (χ2n) is 6.43. The van der Waals surface area contributed by atoms with Gasteiger partial charge in [-0.2, -0.15) is 0 Å². The summed E-state index contributed by atoms with van der Waals surface area (Å²) in [7, 11) is 0. The van der Waals surface area contributed by atoms with Gasteiger partial charge in [0.2, 0.25) is 11.8 Å². The van der Waals surface area contributed by atoms with E-state index in [1.54, 1.807) is 0 Å². The van der Waals surface area contributed by atoms with Crippen LogP contribution in [0.2, 0.25) is 0 Å². The van der Waals surface area contributed by atoms with Crippen molar-refractivity contribution in [2.24, 2.45) is 11.7 Å². The quantitative estimate of drug-likeness (QED) is 0.774. The lowest BCUT2D eigenvalue weighted by molar-refractivity contribution is -0.120. The minimum atomic E-state index is -0.730. The molecule has 1 heterocycles. The first kappa shape index (κ1) is 17.0. The van der Waals surface area contributed by atoms with E-state index < -0.39 is 5.91 Å². The van der Waals surface area contributed by atoms with E-state index in [2.05, 4.69) is 10.3 Å². The number of nitrogens with one attached hydrogen (secondary N) is 1. The number of nitrogens with zero attached hydrogens (tertiary/aromatic N) is 2. The number of hydrogen-bond donors (Lipinski definition) is 3. The minimum absolute atomic E-state index is 0.0188. The lowest BCUT2D eigenvalue weighted by Crippen LogP contribution is -2.24. The van der Waals surface area contributed by atoms with Gasteiger partial charge in [-0.3, -0.25) is 9.59 Å². The normalized spacial score (nSPS) is 15.0. The first-order valence-corrected chi connectivity index (χ1v) is 8.48. The van der Waals surface area contributed by atoms with Crippen molar-refractivity contribution >= 4 is 17.5 Å². The van der Waals surface area contributed by atoms with Gasteiger partial charge in [-0.1, -0.05) is 31.4 Å². The predicted octanol–water partition coefficient (Wildman–Crippen LogP) is 2.25. The van der Waals surface area contributed by atoms with Crippen molar-refractivity contribution in [1.29, 1.82) is 0 Å². The molecule has 1 aliphatic rings. The molecule has 0 unspecified atom stereocenters. The van der Waals surface area contributed by atoms with E-state index in [1.807, 2.05) is 24.3 Å². The average molecular weight is 342 g/mol. The van der Waals surface area contributed by atoms with Crippen molar-refractivity contribution in [3.8, 4) is 5.88 Å². The smallest absolute Gasteiger partial charge is 0.271 e. The highest BCUT2D eigenvalue weighted by Crippen LogP contribution is 2.25. The van der Waals surface area contributed by atoms with Gasteiger partial charge in [-0.15, -0.1) is 0 Å². The Morgan fingerprint density at radius 2 is 1.88 bits per heavy atom. The third kappa shape index (κ3) is 3.99. The molecule has 2 aromatic rings. The highest BCUT2D eigenvalue weighted by molar-refractivity contribution is 5.93. The van der Waals surface area contributed by atoms with Crippen LogP contribution in [0.15, 0.2) is 30.6 Å². The summed E-state index contributed by atoms with van der Waals surface area (Å²) in [5.74, 6) is -0.904. The molecule has 0 bridgehead atoms. The second kappa shape index (κ2) is 7.38. The highest BCUT2D eigenvalue weighted by Gasteiger charge is 2.21. The molecule has 132 valence electrons. The van der Waals surface area contributed by atoms with E-state index in [0.29, 0.717) is 6.54 Å². The van der Waals surface area contributed by atoms with Crippen LogP contribution < -0.4 is 11.1 Å². The molecule has 0 atom stereocenters. The molecule has 1 saturated carbocycles. The number of nitrogens with two attached hydrogens (primary N) is 1. The number of imidazole rings is 1. The number of amides is 2. The van der Waals surface area contributed by atoms with Crippen LogP contribution >= 0.6 is 0 Å². The summed E-state index contributed by atoms with van der Waals surface area (Å²) in [6.07, 6.45) is 6.76. The molecular formula is C18H22N4O3. The molecule has 7 heteroatoms. The van der Waals surface area contributed by atoms with Gasteiger partial charge in [0.25, 0.3) is 5.91 Å². The number of carbonyl (C=O) groups excluding carboxylic acids is 2. The molecule has 1 fully saturated rings. The molecule has 7 nitrogen and oxygen atoms in total. The average Bonchev–Trinajstić information content (AvgIpc) is 2.98. The SMILES string of the molecule is NC(=O)c1c(O)ncn1Cc1ccc(NC(=O)C2CCCCC2)cc1. The van der Waals surface area contributed by atoms with Crippen molar-refractivity contribution < 1.29 is 14.7 Å². The minimum Gasteiger partial charge on any atom is -0.492 e. The van der Waals surface area contributed by atoms with E-state index in [-0.39, 0.29) is 23.4 Å². The summed E-state index contributed by atoms with van der Waals surface area (Å²) >= 11 is 0. The molecular weight excluding hydrogens is 320 g/mol. The summed E-state index contributed by atoms with van der Waals surface area (Å²) in [5, 5.41) is 12.5. The van der Waals surface area contributed by atoms with Crippen LogP contribution in [0.5, 0.6) is 5.88 Å². The van der Waals surface area contributed by atoms with E-state index in [4.69, 9.17) is 5.73 Å².